The number of nitrogens with one attached hydrogen (secondary N) is 1. The number of hydrogen-bond donors (Lipinski definition) is 1. The molecule has 3 aromatic carbocycles. The number of carbonyl (C=O) groups is 1. The fourth-order valence-corrected chi connectivity index (χ4v) is 5.35. The number of urea groups is 1. The summed E-state index contributed by atoms with van der Waals surface area (Å²) >= 11 is 0. The molecule has 1 N–H and O–H groups in total. The van der Waals surface area contributed by atoms with Crippen molar-refractivity contribution in [1.29, 1.82) is 0 Å². The highest BCUT2D eigenvalue weighted by Crippen LogP contribution is 2.39. The molecule has 2 aromatic heterocycles. The van der Waals surface area contributed by atoms with Crippen molar-refractivity contribution >= 4 is 11.7 Å². The van der Waals surface area contributed by atoms with Crippen LogP contribution in [0.15, 0.2) is 91.1 Å². The summed E-state index contributed by atoms with van der Waals surface area (Å²) in [6.45, 7) is 4.07. The van der Waals surface area contributed by atoms with Crippen LogP contribution in [0.5, 0.6) is 5.75 Å². The van der Waals surface area contributed by atoms with E-state index >= 15 is 0 Å². The van der Waals surface area contributed by atoms with E-state index in [2.05, 4.69) is 16.8 Å². The van der Waals surface area contributed by atoms with E-state index in [1.165, 1.54) is 6.07 Å². The lowest BCUT2D eigenvalue weighted by molar-refractivity contribution is 0.194. The van der Waals surface area contributed by atoms with Crippen LogP contribution < -0.4 is 10.1 Å². The van der Waals surface area contributed by atoms with Gasteiger partial charge in [0.05, 0.1) is 36.8 Å². The molecule has 7 nitrogen and oxygen atoms in total. The lowest BCUT2D eigenvalue weighted by Crippen LogP contribution is -2.38. The molecule has 0 saturated heterocycles. The van der Waals surface area contributed by atoms with Crippen molar-refractivity contribution in [3.63, 3.8) is 0 Å². The number of ether oxygens (including phenoxy) is 1. The number of carbonyl (C=O) groups excluding carboxylic acids is 1. The molecule has 1 aliphatic heterocycles. The maximum atomic E-state index is 14.4. The molecule has 0 saturated carbocycles. The number of aryl methyl sites for hydroxylation is 2. The Morgan fingerprint density at radius 3 is 2.52 bits per heavy atom. The van der Waals surface area contributed by atoms with Crippen LogP contribution in [0.1, 0.15) is 41.0 Å². The molecule has 6 rings (SSSR count). The molecule has 0 aliphatic carbocycles. The van der Waals surface area contributed by atoms with Crippen molar-refractivity contribution in [3.8, 4) is 17.3 Å². The Bertz CT molecular complexity index is 1670. The predicted octanol–water partition coefficient (Wildman–Crippen LogP) is 6.82. The number of aromatic nitrogens is 3. The summed E-state index contributed by atoms with van der Waals surface area (Å²) < 4.78 is 23.9. The Balaban J connectivity index is 1.53. The van der Waals surface area contributed by atoms with Crippen molar-refractivity contribution in [2.45, 2.75) is 32.9 Å². The molecule has 3 heterocycles. The van der Waals surface area contributed by atoms with Gasteiger partial charge in [0.25, 0.3) is 0 Å². The summed E-state index contributed by atoms with van der Waals surface area (Å²) in [6.07, 6.45) is 2.71. The van der Waals surface area contributed by atoms with Crippen LogP contribution in [0.25, 0.3) is 11.5 Å². The molecule has 0 bridgehead atoms. The highest BCUT2D eigenvalue weighted by Gasteiger charge is 2.36. The Labute approximate surface area is 232 Å². The fraction of sp³-hybridized carbons (Fsp3) is 0.188. The summed E-state index contributed by atoms with van der Waals surface area (Å²) in [4.78, 5) is 15.9. The highest BCUT2D eigenvalue weighted by atomic mass is 19.1. The van der Waals surface area contributed by atoms with Crippen molar-refractivity contribution in [2.24, 2.45) is 0 Å². The molecule has 0 spiro atoms. The van der Waals surface area contributed by atoms with Gasteiger partial charge >= 0.3 is 6.03 Å². The minimum absolute atomic E-state index is 0.309. The first-order chi connectivity index (χ1) is 19.5. The fourth-order valence-electron chi connectivity index (χ4n) is 5.35. The average Bonchev–Trinajstić information content (AvgIpc) is 3.56. The molecule has 1 atom stereocenters. The number of fused-ring (bicyclic) bond motifs is 3. The topological polar surface area (TPSA) is 64.3 Å². The van der Waals surface area contributed by atoms with E-state index in [0.717, 1.165) is 39.8 Å². The molecule has 1 aliphatic rings. The van der Waals surface area contributed by atoms with Gasteiger partial charge in [0, 0.05) is 17.4 Å². The molecular weight excluding hydrogens is 505 g/mol. The quantitative estimate of drug-likeness (QED) is 0.269. The lowest BCUT2D eigenvalue weighted by atomic mass is 10.0. The van der Waals surface area contributed by atoms with Crippen molar-refractivity contribution in [2.75, 3.05) is 12.4 Å². The number of methoxy groups -OCH3 is 1. The second-order valence-electron chi connectivity index (χ2n) is 9.85. The zero-order valence-electron chi connectivity index (χ0n) is 22.6. The monoisotopic (exact) mass is 535 g/mol. The van der Waals surface area contributed by atoms with E-state index in [4.69, 9.17) is 9.84 Å². The van der Waals surface area contributed by atoms with E-state index in [1.54, 1.807) is 31.1 Å². The third kappa shape index (κ3) is 4.41. The van der Waals surface area contributed by atoms with Gasteiger partial charge in [-0.2, -0.15) is 5.10 Å². The predicted molar refractivity (Wildman–Crippen MR) is 153 cm³/mol. The first-order valence-corrected chi connectivity index (χ1v) is 13.3. The van der Waals surface area contributed by atoms with Gasteiger partial charge in [-0.3, -0.25) is 0 Å². The second kappa shape index (κ2) is 10.4. The summed E-state index contributed by atoms with van der Waals surface area (Å²) in [6, 6.07) is 25.7. The van der Waals surface area contributed by atoms with Crippen LogP contribution in [0, 0.1) is 12.7 Å². The van der Waals surface area contributed by atoms with Gasteiger partial charge in [-0.1, -0.05) is 43.3 Å². The average molecular weight is 536 g/mol. The number of nitrogens with zero attached hydrogens (tertiary/aromatic N) is 4. The van der Waals surface area contributed by atoms with Gasteiger partial charge in [-0.15, -0.1) is 0 Å². The summed E-state index contributed by atoms with van der Waals surface area (Å²) in [5, 5.41) is 7.94. The number of amides is 2. The van der Waals surface area contributed by atoms with Crippen LogP contribution in [0.2, 0.25) is 0 Å². The van der Waals surface area contributed by atoms with Crippen LogP contribution in [0.4, 0.5) is 14.9 Å². The van der Waals surface area contributed by atoms with Crippen LogP contribution in [-0.2, 0) is 13.0 Å². The summed E-state index contributed by atoms with van der Waals surface area (Å²) in [7, 11) is 1.63. The van der Waals surface area contributed by atoms with Gasteiger partial charge < -0.3 is 19.5 Å². The van der Waals surface area contributed by atoms with E-state index in [-0.39, 0.29) is 11.8 Å². The van der Waals surface area contributed by atoms with Gasteiger partial charge in [-0.05, 0) is 73.0 Å². The van der Waals surface area contributed by atoms with E-state index in [9.17, 15) is 9.18 Å². The first kappa shape index (κ1) is 25.4. The number of rotatable bonds is 5. The Morgan fingerprint density at radius 2 is 1.82 bits per heavy atom. The molecule has 5 aromatic rings. The van der Waals surface area contributed by atoms with Crippen LogP contribution >= 0.6 is 0 Å². The minimum Gasteiger partial charge on any atom is -0.497 e. The van der Waals surface area contributed by atoms with Gasteiger partial charge in [0.2, 0.25) is 0 Å². The molecular formula is C32H30FN5O2. The normalized spacial score (nSPS) is 14.3. The molecule has 8 heteroatoms. The number of halogens is 1. The largest absolute Gasteiger partial charge is 0.497 e. The van der Waals surface area contributed by atoms with Gasteiger partial charge in [0.15, 0.2) is 0 Å². The molecule has 202 valence electrons. The van der Waals surface area contributed by atoms with E-state index in [1.807, 2.05) is 77.6 Å². The molecule has 0 radical (unpaired) electrons. The number of hydrogen-bond acceptors (Lipinski definition) is 3. The van der Waals surface area contributed by atoms with Crippen LogP contribution in [0.3, 0.4) is 0 Å². The third-order valence-electron chi connectivity index (χ3n) is 7.42. The Kier molecular flexibility index (Phi) is 6.59. The highest BCUT2D eigenvalue weighted by molar-refractivity contribution is 5.90. The van der Waals surface area contributed by atoms with Gasteiger partial charge in [0.1, 0.15) is 17.4 Å². The molecule has 40 heavy (non-hydrogen) atoms. The zero-order chi connectivity index (χ0) is 27.8. The Hall–Kier alpha value is -4.85. The molecule has 0 unspecified atom stereocenters. The first-order valence-electron chi connectivity index (χ1n) is 13.3. The smallest absolute Gasteiger partial charge is 0.322 e. The molecule has 2 amide bonds. The SMILES string of the molecule is CCc1nn(-c2ccccc2)c2c1CN(C(=O)Nc1ccc(C)c(F)c1)[C@@H](c1ccc(OC)cc1)c1cccn1-2. The van der Waals surface area contributed by atoms with Crippen LogP contribution in [-0.4, -0.2) is 32.4 Å². The van der Waals surface area contributed by atoms with Crippen molar-refractivity contribution in [1.82, 2.24) is 19.2 Å². The standard InChI is InChI=1S/C32H30FN5O2/c1-4-28-26-20-37(32(39)34-23-15-12-21(2)27(33)19-23)30(22-13-16-25(40-3)17-14-22)29-11-8-18-36(29)31(26)38(35-28)24-9-6-5-7-10-24/h5-19,30H,4,20H2,1-3H3,(H,34,39)/t30-/m0/s1. The minimum atomic E-state index is -0.433. The Morgan fingerprint density at radius 1 is 1.05 bits per heavy atom. The summed E-state index contributed by atoms with van der Waals surface area (Å²) in [5.74, 6) is 1.27. The molecule has 0 fully saturated rings. The maximum absolute atomic E-state index is 14.4. The van der Waals surface area contributed by atoms with Crippen molar-refractivity contribution < 1.29 is 13.9 Å². The van der Waals surface area contributed by atoms with Crippen molar-refractivity contribution in [3.05, 3.63) is 125 Å². The number of anilines is 1. The van der Waals surface area contributed by atoms with Gasteiger partial charge in [-0.25, -0.2) is 13.9 Å². The maximum Gasteiger partial charge on any atom is 0.322 e. The summed E-state index contributed by atoms with van der Waals surface area (Å²) in [5.41, 5.74) is 5.57. The lowest BCUT2D eigenvalue weighted by Gasteiger charge is -2.31. The van der Waals surface area contributed by atoms with E-state index < -0.39 is 6.04 Å². The van der Waals surface area contributed by atoms with E-state index in [0.29, 0.717) is 24.2 Å². The third-order valence-corrected chi connectivity index (χ3v) is 7.42. The zero-order valence-corrected chi connectivity index (χ0v) is 22.6. The number of benzene rings is 3. The number of para-hydroxylation sites is 1. The second-order valence-corrected chi connectivity index (χ2v) is 9.85.